The molecule has 1 atom stereocenters. The van der Waals surface area contributed by atoms with Gasteiger partial charge in [-0.25, -0.2) is 0 Å². The maximum Gasteiger partial charge on any atom is 0.253 e. The Morgan fingerprint density at radius 2 is 2.04 bits per heavy atom. The third kappa shape index (κ3) is 4.69. The minimum Gasteiger partial charge on any atom is -0.496 e. The molecular formula is C23H29NO3. The van der Waals surface area contributed by atoms with E-state index >= 15 is 0 Å². The van der Waals surface area contributed by atoms with Crippen LogP contribution in [0.5, 0.6) is 5.75 Å². The normalized spacial score (nSPS) is 17.0. The lowest BCUT2D eigenvalue weighted by Crippen LogP contribution is -2.40. The molecule has 1 aliphatic rings. The first-order chi connectivity index (χ1) is 13.1. The van der Waals surface area contributed by atoms with Gasteiger partial charge in [-0.1, -0.05) is 18.2 Å². The van der Waals surface area contributed by atoms with E-state index in [-0.39, 0.29) is 12.5 Å². The van der Waals surface area contributed by atoms with Crippen molar-refractivity contribution in [3.63, 3.8) is 0 Å². The number of benzene rings is 2. The van der Waals surface area contributed by atoms with E-state index in [9.17, 15) is 4.79 Å². The van der Waals surface area contributed by atoms with Crippen LogP contribution in [0.1, 0.15) is 41.6 Å². The summed E-state index contributed by atoms with van der Waals surface area (Å²) >= 11 is 0. The summed E-state index contributed by atoms with van der Waals surface area (Å²) in [5.74, 6) is 1.48. The third-order valence-electron chi connectivity index (χ3n) is 5.41. The number of piperidine rings is 1. The van der Waals surface area contributed by atoms with Crippen molar-refractivity contribution in [3.05, 3.63) is 53.6 Å². The first kappa shape index (κ1) is 19.4. The summed E-state index contributed by atoms with van der Waals surface area (Å²) in [5, 5.41) is 9.05. The SMILES string of the molecule is COc1ccc(-c2cccc(C(=O)N3CCC[C@H](CCCO)C3)c2)cc1C. The number of nitrogens with zero attached hydrogens (tertiary/aromatic N) is 1. The lowest BCUT2D eigenvalue weighted by atomic mass is 9.93. The second-order valence-electron chi connectivity index (χ2n) is 7.39. The maximum atomic E-state index is 13.0. The minimum atomic E-state index is 0.107. The minimum absolute atomic E-state index is 0.107. The van der Waals surface area contributed by atoms with Crippen LogP contribution in [0.3, 0.4) is 0 Å². The average molecular weight is 367 g/mol. The van der Waals surface area contributed by atoms with Gasteiger partial charge < -0.3 is 14.7 Å². The summed E-state index contributed by atoms with van der Waals surface area (Å²) in [6.45, 7) is 3.87. The number of likely N-dealkylation sites (tertiary alicyclic amines) is 1. The van der Waals surface area contributed by atoms with Gasteiger partial charge in [0.05, 0.1) is 7.11 Å². The highest BCUT2D eigenvalue weighted by molar-refractivity contribution is 5.95. The number of aliphatic hydroxyl groups is 1. The Hall–Kier alpha value is -2.33. The summed E-state index contributed by atoms with van der Waals surface area (Å²) in [7, 11) is 1.67. The quantitative estimate of drug-likeness (QED) is 0.828. The van der Waals surface area contributed by atoms with Gasteiger partial charge in [0, 0.05) is 25.3 Å². The van der Waals surface area contributed by atoms with E-state index in [1.54, 1.807) is 7.11 Å². The van der Waals surface area contributed by atoms with Crippen LogP contribution in [0.25, 0.3) is 11.1 Å². The van der Waals surface area contributed by atoms with Crippen LogP contribution < -0.4 is 4.74 Å². The fraction of sp³-hybridized carbons (Fsp3) is 0.435. The van der Waals surface area contributed by atoms with Gasteiger partial charge in [-0.2, -0.15) is 0 Å². The molecular weight excluding hydrogens is 338 g/mol. The van der Waals surface area contributed by atoms with Crippen molar-refractivity contribution >= 4 is 5.91 Å². The second-order valence-corrected chi connectivity index (χ2v) is 7.39. The van der Waals surface area contributed by atoms with Gasteiger partial charge in [-0.3, -0.25) is 4.79 Å². The van der Waals surface area contributed by atoms with Crippen LogP contribution >= 0.6 is 0 Å². The fourth-order valence-electron chi connectivity index (χ4n) is 3.94. The molecule has 0 saturated carbocycles. The van der Waals surface area contributed by atoms with Crippen LogP contribution in [-0.4, -0.2) is 42.7 Å². The van der Waals surface area contributed by atoms with Gasteiger partial charge in [-0.05, 0) is 79.5 Å². The molecule has 144 valence electrons. The molecule has 4 heteroatoms. The predicted molar refractivity (Wildman–Crippen MR) is 108 cm³/mol. The Bertz CT molecular complexity index is 787. The van der Waals surface area contributed by atoms with Gasteiger partial charge in [0.2, 0.25) is 0 Å². The topological polar surface area (TPSA) is 49.8 Å². The summed E-state index contributed by atoms with van der Waals surface area (Å²) < 4.78 is 5.34. The second kappa shape index (κ2) is 9.05. The smallest absolute Gasteiger partial charge is 0.253 e. The maximum absolute atomic E-state index is 13.0. The zero-order chi connectivity index (χ0) is 19.2. The van der Waals surface area contributed by atoms with E-state index < -0.39 is 0 Å². The largest absolute Gasteiger partial charge is 0.496 e. The summed E-state index contributed by atoms with van der Waals surface area (Å²) in [6, 6.07) is 14.0. The zero-order valence-corrected chi connectivity index (χ0v) is 16.3. The monoisotopic (exact) mass is 367 g/mol. The Morgan fingerprint density at radius 1 is 1.22 bits per heavy atom. The lowest BCUT2D eigenvalue weighted by molar-refractivity contribution is 0.0663. The molecule has 0 aliphatic carbocycles. The number of aliphatic hydroxyl groups excluding tert-OH is 1. The molecule has 1 fully saturated rings. The molecule has 1 N–H and O–H groups in total. The molecule has 1 saturated heterocycles. The molecule has 0 spiro atoms. The van der Waals surface area contributed by atoms with Gasteiger partial charge in [0.15, 0.2) is 0 Å². The summed E-state index contributed by atoms with van der Waals surface area (Å²) in [5.41, 5.74) is 3.95. The predicted octanol–water partition coefficient (Wildman–Crippen LogP) is 4.30. The molecule has 1 heterocycles. The van der Waals surface area contributed by atoms with Gasteiger partial charge in [-0.15, -0.1) is 0 Å². The molecule has 1 aliphatic heterocycles. The number of aryl methyl sites for hydroxylation is 1. The number of hydrogen-bond donors (Lipinski definition) is 1. The zero-order valence-electron chi connectivity index (χ0n) is 16.3. The van der Waals surface area contributed by atoms with E-state index in [0.717, 1.165) is 66.8 Å². The van der Waals surface area contributed by atoms with Crippen LogP contribution in [0, 0.1) is 12.8 Å². The van der Waals surface area contributed by atoms with Crippen molar-refractivity contribution < 1.29 is 14.6 Å². The number of methoxy groups -OCH3 is 1. The Morgan fingerprint density at radius 3 is 2.78 bits per heavy atom. The number of ether oxygens (including phenoxy) is 1. The molecule has 0 aromatic heterocycles. The molecule has 4 nitrogen and oxygen atoms in total. The lowest BCUT2D eigenvalue weighted by Gasteiger charge is -2.33. The highest BCUT2D eigenvalue weighted by Crippen LogP contribution is 2.28. The molecule has 1 amide bonds. The van der Waals surface area contributed by atoms with Crippen molar-refractivity contribution in [2.75, 3.05) is 26.8 Å². The van der Waals surface area contributed by atoms with E-state index in [1.807, 2.05) is 48.2 Å². The average Bonchev–Trinajstić information content (AvgIpc) is 2.72. The van der Waals surface area contributed by atoms with Crippen LogP contribution in [0.15, 0.2) is 42.5 Å². The van der Waals surface area contributed by atoms with E-state index in [2.05, 4.69) is 6.07 Å². The Balaban J connectivity index is 1.76. The molecule has 27 heavy (non-hydrogen) atoms. The van der Waals surface area contributed by atoms with Gasteiger partial charge in [0.1, 0.15) is 5.75 Å². The highest BCUT2D eigenvalue weighted by atomic mass is 16.5. The van der Waals surface area contributed by atoms with Crippen LogP contribution in [0.2, 0.25) is 0 Å². The van der Waals surface area contributed by atoms with Crippen molar-refractivity contribution in [1.82, 2.24) is 4.90 Å². The summed E-state index contributed by atoms with van der Waals surface area (Å²) in [6.07, 6.45) is 4.00. The van der Waals surface area contributed by atoms with Crippen LogP contribution in [0.4, 0.5) is 0 Å². The first-order valence-electron chi connectivity index (χ1n) is 9.77. The fourth-order valence-corrected chi connectivity index (χ4v) is 3.94. The number of hydrogen-bond acceptors (Lipinski definition) is 3. The molecule has 0 unspecified atom stereocenters. The van der Waals surface area contributed by atoms with E-state index in [0.29, 0.717) is 5.92 Å². The number of carbonyl (C=O) groups excluding carboxylic acids is 1. The van der Waals surface area contributed by atoms with Crippen molar-refractivity contribution in [2.24, 2.45) is 5.92 Å². The van der Waals surface area contributed by atoms with Crippen molar-refractivity contribution in [2.45, 2.75) is 32.6 Å². The number of rotatable bonds is 6. The standard InChI is InChI=1S/C23H29NO3/c1-17-14-20(10-11-22(17)27-2)19-8-3-9-21(15-19)23(26)24-12-4-6-18(16-24)7-5-13-25/h3,8-11,14-15,18,25H,4-7,12-13,16H2,1-2H3/t18-/m1/s1. The van der Waals surface area contributed by atoms with Gasteiger partial charge in [0.25, 0.3) is 5.91 Å². The van der Waals surface area contributed by atoms with Crippen LogP contribution in [-0.2, 0) is 0 Å². The summed E-state index contributed by atoms with van der Waals surface area (Å²) in [4.78, 5) is 15.0. The Labute approximate surface area is 161 Å². The molecule has 3 rings (SSSR count). The third-order valence-corrected chi connectivity index (χ3v) is 5.41. The van der Waals surface area contributed by atoms with Crippen molar-refractivity contribution in [1.29, 1.82) is 0 Å². The highest BCUT2D eigenvalue weighted by Gasteiger charge is 2.24. The molecule has 0 bridgehead atoms. The molecule has 0 radical (unpaired) electrons. The first-order valence-corrected chi connectivity index (χ1v) is 9.77. The number of carbonyl (C=O) groups is 1. The van der Waals surface area contributed by atoms with E-state index in [1.165, 1.54) is 0 Å². The Kier molecular flexibility index (Phi) is 6.51. The van der Waals surface area contributed by atoms with Gasteiger partial charge >= 0.3 is 0 Å². The van der Waals surface area contributed by atoms with E-state index in [4.69, 9.17) is 9.84 Å². The van der Waals surface area contributed by atoms with Crippen molar-refractivity contribution in [3.8, 4) is 16.9 Å². The molecule has 2 aromatic rings. The number of amides is 1. The molecule has 2 aromatic carbocycles.